The third-order valence-electron chi connectivity index (χ3n) is 5.02. The summed E-state index contributed by atoms with van der Waals surface area (Å²) in [6, 6.07) is 6.25. The smallest absolute Gasteiger partial charge is 0.259 e. The summed E-state index contributed by atoms with van der Waals surface area (Å²) in [5.41, 5.74) is 5.04. The first-order chi connectivity index (χ1) is 11.9. The Balaban J connectivity index is 2.14. The molecule has 25 heavy (non-hydrogen) atoms. The molecule has 0 unspecified atom stereocenters. The van der Waals surface area contributed by atoms with E-state index in [0.29, 0.717) is 25.5 Å². The summed E-state index contributed by atoms with van der Waals surface area (Å²) in [7, 11) is 1.70. The van der Waals surface area contributed by atoms with Crippen LogP contribution in [0.15, 0.2) is 23.0 Å². The Hall–Kier alpha value is -2.18. The average Bonchev–Trinajstić information content (AvgIpc) is 2.60. The molecular weight excluding hydrogens is 316 g/mol. The lowest BCUT2D eigenvalue weighted by molar-refractivity contribution is 0.121. The van der Waals surface area contributed by atoms with E-state index >= 15 is 0 Å². The SMILES string of the molecule is COCCN1CN(c2cccc(C)c2C)c2nc(C)c(C)c(=O)n2C1. The van der Waals surface area contributed by atoms with Crippen molar-refractivity contribution in [3.63, 3.8) is 0 Å². The highest BCUT2D eigenvalue weighted by Crippen LogP contribution is 2.31. The Morgan fingerprint density at radius 1 is 1.12 bits per heavy atom. The molecule has 1 aliphatic rings. The number of benzene rings is 1. The lowest BCUT2D eigenvalue weighted by Gasteiger charge is -2.39. The molecule has 2 heterocycles. The van der Waals surface area contributed by atoms with E-state index in [1.807, 2.05) is 13.8 Å². The van der Waals surface area contributed by atoms with E-state index in [9.17, 15) is 4.79 Å². The molecule has 0 amide bonds. The maximum atomic E-state index is 12.8. The van der Waals surface area contributed by atoms with Gasteiger partial charge in [-0.15, -0.1) is 0 Å². The fraction of sp³-hybridized carbons (Fsp3) is 0.474. The number of fused-ring (bicyclic) bond motifs is 1. The van der Waals surface area contributed by atoms with Gasteiger partial charge in [0.25, 0.3) is 5.56 Å². The van der Waals surface area contributed by atoms with Crippen molar-refractivity contribution in [2.24, 2.45) is 0 Å². The van der Waals surface area contributed by atoms with Crippen molar-refractivity contribution in [1.82, 2.24) is 14.5 Å². The largest absolute Gasteiger partial charge is 0.383 e. The Morgan fingerprint density at radius 2 is 1.88 bits per heavy atom. The van der Waals surface area contributed by atoms with Gasteiger partial charge in [0.1, 0.15) is 0 Å². The summed E-state index contributed by atoms with van der Waals surface area (Å²) in [6.07, 6.45) is 0. The maximum Gasteiger partial charge on any atom is 0.259 e. The Bertz CT molecular complexity index is 844. The van der Waals surface area contributed by atoms with E-state index in [1.165, 1.54) is 11.1 Å². The van der Waals surface area contributed by atoms with Crippen molar-refractivity contribution < 1.29 is 4.74 Å². The molecule has 0 fully saturated rings. The molecule has 1 aliphatic heterocycles. The highest BCUT2D eigenvalue weighted by molar-refractivity contribution is 5.64. The van der Waals surface area contributed by atoms with Crippen LogP contribution in [-0.2, 0) is 11.4 Å². The minimum absolute atomic E-state index is 0.0277. The van der Waals surface area contributed by atoms with Gasteiger partial charge >= 0.3 is 0 Å². The van der Waals surface area contributed by atoms with Crippen LogP contribution in [-0.4, -0.2) is 41.4 Å². The number of nitrogens with zero attached hydrogens (tertiary/aromatic N) is 4. The van der Waals surface area contributed by atoms with Gasteiger partial charge in [0.05, 0.1) is 19.9 Å². The first kappa shape index (κ1) is 17.6. The molecule has 0 aliphatic carbocycles. The quantitative estimate of drug-likeness (QED) is 0.854. The summed E-state index contributed by atoms with van der Waals surface area (Å²) >= 11 is 0. The van der Waals surface area contributed by atoms with Crippen molar-refractivity contribution in [3.05, 3.63) is 50.9 Å². The maximum absolute atomic E-state index is 12.8. The molecule has 0 N–H and O–H groups in total. The Morgan fingerprint density at radius 3 is 2.60 bits per heavy atom. The fourth-order valence-electron chi connectivity index (χ4n) is 3.16. The molecule has 134 valence electrons. The third-order valence-corrected chi connectivity index (χ3v) is 5.02. The lowest BCUT2D eigenvalue weighted by Crippen LogP contribution is -2.48. The summed E-state index contributed by atoms with van der Waals surface area (Å²) in [5.74, 6) is 0.718. The van der Waals surface area contributed by atoms with Crippen LogP contribution in [0.5, 0.6) is 0 Å². The molecule has 1 aromatic heterocycles. The molecule has 6 heteroatoms. The van der Waals surface area contributed by atoms with Crippen LogP contribution in [0.4, 0.5) is 11.6 Å². The average molecular weight is 342 g/mol. The Labute approximate surface area is 148 Å². The van der Waals surface area contributed by atoms with Crippen molar-refractivity contribution in [3.8, 4) is 0 Å². The van der Waals surface area contributed by atoms with Gasteiger partial charge in [-0.25, -0.2) is 4.98 Å². The highest BCUT2D eigenvalue weighted by atomic mass is 16.5. The number of methoxy groups -OCH3 is 1. The second-order valence-electron chi connectivity index (χ2n) is 6.67. The number of aryl methyl sites for hydroxylation is 2. The normalized spacial score (nSPS) is 14.7. The molecule has 0 saturated carbocycles. The zero-order valence-corrected chi connectivity index (χ0v) is 15.7. The van der Waals surface area contributed by atoms with Crippen molar-refractivity contribution in [2.45, 2.75) is 34.4 Å². The highest BCUT2D eigenvalue weighted by Gasteiger charge is 2.27. The number of hydrogen-bond donors (Lipinski definition) is 0. The Kier molecular flexibility index (Phi) is 4.92. The van der Waals surface area contributed by atoms with Gasteiger partial charge in [-0.2, -0.15) is 0 Å². The van der Waals surface area contributed by atoms with Crippen LogP contribution in [0.1, 0.15) is 22.4 Å². The summed E-state index contributed by atoms with van der Waals surface area (Å²) in [5, 5.41) is 0. The molecule has 0 atom stereocenters. The van der Waals surface area contributed by atoms with Crippen LogP contribution in [0.3, 0.4) is 0 Å². The molecule has 6 nitrogen and oxygen atoms in total. The summed E-state index contributed by atoms with van der Waals surface area (Å²) in [4.78, 5) is 21.9. The zero-order valence-electron chi connectivity index (χ0n) is 15.7. The number of rotatable bonds is 4. The van der Waals surface area contributed by atoms with E-state index in [2.05, 4.69) is 41.8 Å². The molecule has 0 saturated heterocycles. The monoisotopic (exact) mass is 342 g/mol. The predicted octanol–water partition coefficient (Wildman–Crippen LogP) is 2.49. The van der Waals surface area contributed by atoms with Gasteiger partial charge in [0, 0.05) is 30.6 Å². The van der Waals surface area contributed by atoms with Crippen LogP contribution < -0.4 is 10.5 Å². The van der Waals surface area contributed by atoms with Gasteiger partial charge in [-0.1, -0.05) is 12.1 Å². The van der Waals surface area contributed by atoms with Gasteiger partial charge < -0.3 is 4.74 Å². The van der Waals surface area contributed by atoms with E-state index in [-0.39, 0.29) is 5.56 Å². The van der Waals surface area contributed by atoms with Crippen LogP contribution in [0, 0.1) is 27.7 Å². The minimum atomic E-state index is 0.0277. The zero-order chi connectivity index (χ0) is 18.1. The standard InChI is InChI=1S/C19H26N4O2/c1-13-7-6-8-17(14(13)2)22-11-21(9-10-25-5)12-23-18(24)15(3)16(4)20-19(22)23/h6-8H,9-12H2,1-5H3. The van der Waals surface area contributed by atoms with Gasteiger partial charge in [-0.05, 0) is 44.9 Å². The van der Waals surface area contributed by atoms with Gasteiger partial charge in [0.2, 0.25) is 5.95 Å². The molecule has 3 rings (SSSR count). The molecule has 0 bridgehead atoms. The van der Waals surface area contributed by atoms with Gasteiger partial charge in [-0.3, -0.25) is 19.2 Å². The number of ether oxygens (including phenoxy) is 1. The number of hydrogen-bond acceptors (Lipinski definition) is 5. The van der Waals surface area contributed by atoms with Crippen molar-refractivity contribution >= 4 is 11.6 Å². The topological polar surface area (TPSA) is 50.6 Å². The van der Waals surface area contributed by atoms with E-state index in [4.69, 9.17) is 9.72 Å². The molecule has 2 aromatic rings. The summed E-state index contributed by atoms with van der Waals surface area (Å²) < 4.78 is 6.99. The minimum Gasteiger partial charge on any atom is -0.383 e. The van der Waals surface area contributed by atoms with Crippen molar-refractivity contribution in [2.75, 3.05) is 31.8 Å². The third kappa shape index (κ3) is 3.19. The number of aromatic nitrogens is 2. The molecule has 1 aromatic carbocycles. The molecule has 0 radical (unpaired) electrons. The summed E-state index contributed by atoms with van der Waals surface area (Å²) in [6.45, 7) is 10.6. The lowest BCUT2D eigenvalue weighted by atomic mass is 10.1. The second kappa shape index (κ2) is 6.98. The van der Waals surface area contributed by atoms with E-state index in [1.54, 1.807) is 11.7 Å². The first-order valence-electron chi connectivity index (χ1n) is 8.57. The fourth-order valence-corrected chi connectivity index (χ4v) is 3.16. The first-order valence-corrected chi connectivity index (χ1v) is 8.57. The van der Waals surface area contributed by atoms with E-state index < -0.39 is 0 Å². The van der Waals surface area contributed by atoms with Gasteiger partial charge in [0.15, 0.2) is 0 Å². The van der Waals surface area contributed by atoms with E-state index in [0.717, 1.165) is 23.9 Å². The van der Waals surface area contributed by atoms with Crippen LogP contribution in [0.2, 0.25) is 0 Å². The molecule has 0 spiro atoms. The number of anilines is 2. The second-order valence-corrected chi connectivity index (χ2v) is 6.67. The van der Waals surface area contributed by atoms with Crippen LogP contribution >= 0.6 is 0 Å². The van der Waals surface area contributed by atoms with Crippen molar-refractivity contribution in [1.29, 1.82) is 0 Å². The predicted molar refractivity (Wildman–Crippen MR) is 99.5 cm³/mol. The molecular formula is C19H26N4O2. The van der Waals surface area contributed by atoms with Crippen LogP contribution in [0.25, 0.3) is 0 Å².